The van der Waals surface area contributed by atoms with Gasteiger partial charge in [-0.1, -0.05) is 31.2 Å². The van der Waals surface area contributed by atoms with E-state index in [1.54, 1.807) is 11.1 Å². The van der Waals surface area contributed by atoms with E-state index >= 15 is 0 Å². The van der Waals surface area contributed by atoms with Crippen LogP contribution < -0.4 is 5.32 Å². The van der Waals surface area contributed by atoms with Crippen molar-refractivity contribution >= 4 is 0 Å². The zero-order chi connectivity index (χ0) is 13.8. The average molecular weight is 272 g/mol. The Morgan fingerprint density at radius 3 is 2.75 bits per heavy atom. The quantitative estimate of drug-likeness (QED) is 0.904. The summed E-state index contributed by atoms with van der Waals surface area (Å²) >= 11 is 0. The van der Waals surface area contributed by atoms with Crippen LogP contribution in [-0.4, -0.2) is 31.1 Å². The van der Waals surface area contributed by atoms with Crippen LogP contribution in [0.1, 0.15) is 49.8 Å². The van der Waals surface area contributed by atoms with E-state index in [1.165, 1.54) is 51.7 Å². The normalized spacial score (nSPS) is 24.6. The van der Waals surface area contributed by atoms with E-state index in [9.17, 15) is 0 Å². The Morgan fingerprint density at radius 2 is 1.95 bits per heavy atom. The van der Waals surface area contributed by atoms with Gasteiger partial charge in [0.05, 0.1) is 0 Å². The fourth-order valence-corrected chi connectivity index (χ4v) is 3.92. The predicted molar refractivity (Wildman–Crippen MR) is 85.0 cm³/mol. The lowest BCUT2D eigenvalue weighted by Crippen LogP contribution is -2.40. The molecule has 2 heteroatoms. The first-order chi connectivity index (χ1) is 9.88. The molecule has 1 fully saturated rings. The smallest absolute Gasteiger partial charge is 0.0350 e. The van der Waals surface area contributed by atoms with Crippen LogP contribution in [0.3, 0.4) is 0 Å². The van der Waals surface area contributed by atoms with Crippen LogP contribution in [0.4, 0.5) is 0 Å². The number of hydrogen-bond donors (Lipinski definition) is 1. The molecule has 20 heavy (non-hydrogen) atoms. The maximum atomic E-state index is 3.51. The zero-order valence-corrected chi connectivity index (χ0v) is 12.8. The van der Waals surface area contributed by atoms with Gasteiger partial charge in [-0.3, -0.25) is 4.90 Å². The number of aryl methyl sites for hydroxylation is 1. The zero-order valence-electron chi connectivity index (χ0n) is 12.8. The minimum Gasteiger partial charge on any atom is -0.317 e. The van der Waals surface area contributed by atoms with Gasteiger partial charge >= 0.3 is 0 Å². The molecule has 1 aliphatic heterocycles. The van der Waals surface area contributed by atoms with Gasteiger partial charge in [0.25, 0.3) is 0 Å². The van der Waals surface area contributed by atoms with E-state index in [2.05, 4.69) is 41.4 Å². The summed E-state index contributed by atoms with van der Waals surface area (Å²) in [7, 11) is 0. The molecule has 1 saturated heterocycles. The lowest BCUT2D eigenvalue weighted by molar-refractivity contribution is 0.120. The summed E-state index contributed by atoms with van der Waals surface area (Å²) in [6.45, 7) is 7.10. The second kappa shape index (κ2) is 6.73. The number of fused-ring (bicyclic) bond motifs is 1. The Hall–Kier alpha value is -0.860. The highest BCUT2D eigenvalue weighted by atomic mass is 15.2. The van der Waals surface area contributed by atoms with Crippen LogP contribution >= 0.6 is 0 Å². The maximum absolute atomic E-state index is 3.51. The van der Waals surface area contributed by atoms with Crippen LogP contribution in [-0.2, 0) is 6.42 Å². The third-order valence-corrected chi connectivity index (χ3v) is 5.11. The molecular weight excluding hydrogens is 244 g/mol. The molecule has 0 bridgehead atoms. The Morgan fingerprint density at radius 1 is 1.15 bits per heavy atom. The molecule has 1 aromatic carbocycles. The molecule has 1 heterocycles. The summed E-state index contributed by atoms with van der Waals surface area (Å²) in [4.78, 5) is 2.75. The van der Waals surface area contributed by atoms with Gasteiger partial charge in [0.2, 0.25) is 0 Å². The molecule has 3 rings (SSSR count). The fourth-order valence-electron chi connectivity index (χ4n) is 3.92. The Labute approximate surface area is 123 Å². The number of nitrogens with one attached hydrogen (secondary N) is 1. The van der Waals surface area contributed by atoms with Crippen molar-refractivity contribution in [2.75, 3.05) is 26.2 Å². The first kappa shape index (κ1) is 14.1. The molecule has 110 valence electrons. The van der Waals surface area contributed by atoms with E-state index in [1.807, 2.05) is 0 Å². The number of nitrogens with zero attached hydrogens (tertiary/aromatic N) is 1. The third kappa shape index (κ3) is 3.07. The van der Waals surface area contributed by atoms with Gasteiger partial charge in [-0.05, 0) is 75.3 Å². The molecule has 0 aromatic heterocycles. The molecule has 1 aliphatic carbocycles. The van der Waals surface area contributed by atoms with Gasteiger partial charge in [0.15, 0.2) is 0 Å². The van der Waals surface area contributed by atoms with Gasteiger partial charge in [0.1, 0.15) is 0 Å². The molecule has 1 N–H and O–H groups in total. The van der Waals surface area contributed by atoms with Crippen molar-refractivity contribution < 1.29 is 0 Å². The summed E-state index contributed by atoms with van der Waals surface area (Å²) in [6, 6.07) is 9.81. The largest absolute Gasteiger partial charge is 0.317 e. The molecule has 0 spiro atoms. The SMILES string of the molecule is CCNCC1CCN(C2CCCc3ccccc32)CC1. The predicted octanol–water partition coefficient (Wildman–Crippen LogP) is 3.39. The van der Waals surface area contributed by atoms with E-state index in [0.717, 1.165) is 12.5 Å². The van der Waals surface area contributed by atoms with Gasteiger partial charge in [0, 0.05) is 6.04 Å². The van der Waals surface area contributed by atoms with Crippen LogP contribution in [0.15, 0.2) is 24.3 Å². The lowest BCUT2D eigenvalue weighted by Gasteiger charge is -2.40. The van der Waals surface area contributed by atoms with E-state index in [4.69, 9.17) is 0 Å². The maximum Gasteiger partial charge on any atom is 0.0350 e. The van der Waals surface area contributed by atoms with E-state index in [0.29, 0.717) is 6.04 Å². The number of likely N-dealkylation sites (tertiary alicyclic amines) is 1. The number of rotatable bonds is 4. The van der Waals surface area contributed by atoms with Gasteiger partial charge in [-0.2, -0.15) is 0 Å². The Balaban J connectivity index is 1.62. The number of hydrogen-bond acceptors (Lipinski definition) is 2. The van der Waals surface area contributed by atoms with Crippen molar-refractivity contribution in [3.63, 3.8) is 0 Å². The Bertz CT molecular complexity index is 421. The van der Waals surface area contributed by atoms with Gasteiger partial charge in [-0.15, -0.1) is 0 Å². The first-order valence-corrected chi connectivity index (χ1v) is 8.41. The van der Waals surface area contributed by atoms with Crippen molar-refractivity contribution in [1.82, 2.24) is 10.2 Å². The molecule has 0 saturated carbocycles. The monoisotopic (exact) mass is 272 g/mol. The number of piperidine rings is 1. The van der Waals surface area contributed by atoms with Crippen molar-refractivity contribution in [1.29, 1.82) is 0 Å². The average Bonchev–Trinajstić information content (AvgIpc) is 2.53. The topological polar surface area (TPSA) is 15.3 Å². The van der Waals surface area contributed by atoms with Gasteiger partial charge < -0.3 is 5.32 Å². The molecule has 1 unspecified atom stereocenters. The summed E-state index contributed by atoms with van der Waals surface area (Å²) in [6.07, 6.45) is 6.73. The molecule has 2 aliphatic rings. The second-order valence-corrected chi connectivity index (χ2v) is 6.39. The second-order valence-electron chi connectivity index (χ2n) is 6.39. The van der Waals surface area contributed by atoms with E-state index in [-0.39, 0.29) is 0 Å². The third-order valence-electron chi connectivity index (χ3n) is 5.11. The lowest BCUT2D eigenvalue weighted by atomic mass is 9.85. The van der Waals surface area contributed by atoms with Crippen LogP contribution in [0.25, 0.3) is 0 Å². The minimum atomic E-state index is 0.694. The van der Waals surface area contributed by atoms with Crippen LogP contribution in [0.2, 0.25) is 0 Å². The minimum absolute atomic E-state index is 0.694. The fraction of sp³-hybridized carbons (Fsp3) is 0.667. The molecular formula is C18H28N2. The van der Waals surface area contributed by atoms with Crippen molar-refractivity contribution in [2.45, 2.75) is 45.1 Å². The summed E-state index contributed by atoms with van der Waals surface area (Å²) in [5.74, 6) is 0.894. The van der Waals surface area contributed by atoms with E-state index < -0.39 is 0 Å². The van der Waals surface area contributed by atoms with Crippen molar-refractivity contribution in [2.24, 2.45) is 5.92 Å². The highest BCUT2D eigenvalue weighted by molar-refractivity contribution is 5.32. The Kier molecular flexibility index (Phi) is 4.74. The molecule has 0 radical (unpaired) electrons. The molecule has 1 atom stereocenters. The van der Waals surface area contributed by atoms with Crippen molar-refractivity contribution in [3.05, 3.63) is 35.4 Å². The molecule has 0 amide bonds. The first-order valence-electron chi connectivity index (χ1n) is 8.41. The van der Waals surface area contributed by atoms with Crippen molar-refractivity contribution in [3.8, 4) is 0 Å². The van der Waals surface area contributed by atoms with Gasteiger partial charge in [-0.25, -0.2) is 0 Å². The summed E-state index contributed by atoms with van der Waals surface area (Å²) in [5, 5.41) is 3.51. The standard InChI is InChI=1S/C18H28N2/c1-2-19-14-15-10-12-20(13-11-15)18-9-5-7-16-6-3-4-8-17(16)18/h3-4,6,8,15,18-19H,2,5,7,9-14H2,1H3. The molecule has 2 nitrogen and oxygen atoms in total. The summed E-state index contributed by atoms with van der Waals surface area (Å²) in [5.41, 5.74) is 3.21. The molecule has 1 aromatic rings. The van der Waals surface area contributed by atoms with Crippen LogP contribution in [0, 0.1) is 5.92 Å². The van der Waals surface area contributed by atoms with Crippen LogP contribution in [0.5, 0.6) is 0 Å². The number of benzene rings is 1. The summed E-state index contributed by atoms with van der Waals surface area (Å²) < 4.78 is 0. The highest BCUT2D eigenvalue weighted by Gasteiger charge is 2.28. The highest BCUT2D eigenvalue weighted by Crippen LogP contribution is 2.36.